The fourth-order valence-electron chi connectivity index (χ4n) is 5.38. The number of benzene rings is 2. The minimum atomic E-state index is -1.63. The lowest BCUT2D eigenvalue weighted by molar-refractivity contribution is -0.123. The molecule has 65 heavy (non-hydrogen) atoms. The molecule has 0 saturated heterocycles. The molecular formula is C35H44I6N6O18. The molecule has 30 heteroatoms. The Balaban J connectivity index is 2.74. The first-order valence-corrected chi connectivity index (χ1v) is 24.9. The molecule has 0 aliphatic carbocycles. The van der Waals surface area contributed by atoms with Crippen molar-refractivity contribution >= 4 is 182 Å². The van der Waals surface area contributed by atoms with Crippen LogP contribution in [-0.4, -0.2) is 198 Å². The van der Waals surface area contributed by atoms with Gasteiger partial charge in [-0.2, -0.15) is 0 Å². The maximum absolute atomic E-state index is 13.7. The van der Waals surface area contributed by atoms with Gasteiger partial charge in [0.05, 0.1) is 149 Å². The second-order valence-electron chi connectivity index (χ2n) is 13.5. The van der Waals surface area contributed by atoms with Crippen molar-refractivity contribution in [1.82, 2.24) is 21.3 Å². The van der Waals surface area contributed by atoms with E-state index in [4.69, 9.17) is 0 Å². The molecule has 8 atom stereocenters. The summed E-state index contributed by atoms with van der Waals surface area (Å²) in [5.41, 5.74) is -1.62. The number of anilines is 2. The fraction of sp³-hybridized carbons (Fsp3) is 0.486. The molecule has 0 radical (unpaired) electrons. The van der Waals surface area contributed by atoms with E-state index in [0.29, 0.717) is 0 Å². The third-order valence-electron chi connectivity index (χ3n) is 9.05. The number of rotatable bonds is 24. The molecular weight excluding hydrogens is 1550 g/mol. The van der Waals surface area contributed by atoms with Gasteiger partial charge in [0.1, 0.15) is 6.42 Å². The van der Waals surface area contributed by atoms with Gasteiger partial charge in [0.2, 0.25) is 11.8 Å². The van der Waals surface area contributed by atoms with Gasteiger partial charge in [-0.15, -0.1) is 0 Å². The number of aliphatic hydroxyl groups is 12. The summed E-state index contributed by atoms with van der Waals surface area (Å²) < 4.78 is -0.258. The first-order valence-electron chi connectivity index (χ1n) is 18.4. The van der Waals surface area contributed by atoms with Gasteiger partial charge in [0, 0.05) is 7.14 Å². The summed E-state index contributed by atoms with van der Waals surface area (Å²) in [7, 11) is 0. The van der Waals surface area contributed by atoms with Gasteiger partial charge in [0.15, 0.2) is 0 Å². The minimum Gasteiger partial charge on any atom is -0.394 e. The Hall–Kier alpha value is -0.840. The standard InChI is InChI=1S/C35H44I6N6O18/c36-24-20(32(62)42-10(2-48)14(56)6-52)26(38)30(27(39)21(24)33(63)43-11(3-49)15(57)7-53)46-18(60)1-19(61)47-31-28(40)22(34(64)44-12(4-50)16(58)8-54)25(37)23(29(31)41)35(65)45-13(5-51)17(59)9-55/h10-17,48-59H,1-9H2,(H,42,62)(H,43,63)(H,44,64)(H,45,65)(H,46,60)(H,47,61). The number of amides is 6. The van der Waals surface area contributed by atoms with Crippen LogP contribution < -0.4 is 31.9 Å². The molecule has 0 bridgehead atoms. The van der Waals surface area contributed by atoms with E-state index in [0.717, 1.165) is 0 Å². The van der Waals surface area contributed by atoms with E-state index in [-0.39, 0.29) is 55.0 Å². The van der Waals surface area contributed by atoms with Crippen LogP contribution in [0.2, 0.25) is 0 Å². The summed E-state index contributed by atoms with van der Waals surface area (Å²) in [5, 5.41) is 132. The first kappa shape index (κ1) is 60.3. The number of hydrogen-bond donors (Lipinski definition) is 18. The lowest BCUT2D eigenvalue weighted by atomic mass is 10.0. The number of nitrogens with one attached hydrogen (secondary N) is 6. The van der Waals surface area contributed by atoms with Gasteiger partial charge in [0.25, 0.3) is 23.6 Å². The lowest BCUT2D eigenvalue weighted by Crippen LogP contribution is -2.48. The second kappa shape index (κ2) is 28.7. The molecule has 0 aliphatic heterocycles. The Labute approximate surface area is 450 Å². The van der Waals surface area contributed by atoms with Crippen LogP contribution in [0, 0.1) is 21.4 Å². The van der Waals surface area contributed by atoms with Gasteiger partial charge < -0.3 is 93.2 Å². The summed E-state index contributed by atoms with van der Waals surface area (Å²) in [6, 6.07) is -5.64. The van der Waals surface area contributed by atoms with Crippen molar-refractivity contribution in [1.29, 1.82) is 0 Å². The van der Waals surface area contributed by atoms with Crippen LogP contribution in [-0.2, 0) is 9.59 Å². The van der Waals surface area contributed by atoms with Crippen LogP contribution in [0.15, 0.2) is 0 Å². The molecule has 0 aromatic heterocycles. The average molecular weight is 1600 g/mol. The van der Waals surface area contributed by atoms with Crippen molar-refractivity contribution in [3.63, 3.8) is 0 Å². The van der Waals surface area contributed by atoms with Crippen LogP contribution in [0.25, 0.3) is 0 Å². The van der Waals surface area contributed by atoms with Crippen molar-refractivity contribution < 1.29 is 90.0 Å². The molecule has 0 spiro atoms. The summed E-state index contributed by atoms with van der Waals surface area (Å²) >= 11 is 9.91. The molecule has 8 unspecified atom stereocenters. The summed E-state index contributed by atoms with van der Waals surface area (Å²) in [6.07, 6.45) is -7.53. The summed E-state index contributed by atoms with van der Waals surface area (Å²) in [4.78, 5) is 82.3. The molecule has 6 amide bonds. The maximum Gasteiger partial charge on any atom is 0.253 e. The number of halogens is 6. The topological polar surface area (TPSA) is 417 Å². The van der Waals surface area contributed by atoms with Crippen LogP contribution in [0.5, 0.6) is 0 Å². The molecule has 0 fully saturated rings. The molecule has 24 nitrogen and oxygen atoms in total. The van der Waals surface area contributed by atoms with Gasteiger partial charge in [-0.05, 0) is 136 Å². The third kappa shape index (κ3) is 15.6. The van der Waals surface area contributed by atoms with Crippen molar-refractivity contribution in [3.8, 4) is 0 Å². The SMILES string of the molecule is O=C(CC(=O)Nc1c(I)c(C(=O)NC(CO)C(O)CO)c(I)c(C(=O)NC(CO)C(O)CO)c1I)Nc1c(I)c(C(=O)NC(CO)C(O)CO)c(I)c(C(=O)NC(CO)C(O)CO)c1I. The summed E-state index contributed by atoms with van der Waals surface area (Å²) in [6.45, 7) is -6.79. The van der Waals surface area contributed by atoms with Crippen molar-refractivity contribution in [2.24, 2.45) is 0 Å². The van der Waals surface area contributed by atoms with Gasteiger partial charge in [-0.25, -0.2) is 0 Å². The number of hydrogen-bond acceptors (Lipinski definition) is 18. The zero-order valence-corrected chi connectivity index (χ0v) is 46.0. The molecule has 2 aromatic carbocycles. The highest BCUT2D eigenvalue weighted by Crippen LogP contribution is 2.38. The zero-order chi connectivity index (χ0) is 49.6. The van der Waals surface area contributed by atoms with Crippen LogP contribution in [0.4, 0.5) is 11.4 Å². The molecule has 364 valence electrons. The molecule has 2 aromatic rings. The van der Waals surface area contributed by atoms with Crippen LogP contribution in [0.3, 0.4) is 0 Å². The predicted molar refractivity (Wildman–Crippen MR) is 277 cm³/mol. The quantitative estimate of drug-likeness (QED) is 0.0352. The zero-order valence-electron chi connectivity index (χ0n) is 33.1. The highest BCUT2D eigenvalue weighted by Gasteiger charge is 2.35. The van der Waals surface area contributed by atoms with E-state index < -0.39 is 143 Å². The highest BCUT2D eigenvalue weighted by molar-refractivity contribution is 14.1. The fourth-order valence-corrected chi connectivity index (χ4v) is 14.2. The monoisotopic (exact) mass is 1600 g/mol. The Morgan fingerprint density at radius 2 is 0.554 bits per heavy atom. The van der Waals surface area contributed by atoms with Gasteiger partial charge in [-0.3, -0.25) is 28.8 Å². The lowest BCUT2D eigenvalue weighted by Gasteiger charge is -2.25. The number of carbonyl (C=O) groups excluding carboxylic acids is 6. The Morgan fingerprint density at radius 1 is 0.354 bits per heavy atom. The van der Waals surface area contributed by atoms with Gasteiger partial charge >= 0.3 is 0 Å². The van der Waals surface area contributed by atoms with Crippen molar-refractivity contribution in [3.05, 3.63) is 43.7 Å². The van der Waals surface area contributed by atoms with Crippen LogP contribution >= 0.6 is 136 Å². The van der Waals surface area contributed by atoms with E-state index in [2.05, 4.69) is 31.9 Å². The highest BCUT2D eigenvalue weighted by atomic mass is 127. The second-order valence-corrected chi connectivity index (χ2v) is 19.9. The number of carbonyl (C=O) groups is 6. The van der Waals surface area contributed by atoms with Crippen LogP contribution in [0.1, 0.15) is 47.9 Å². The molecule has 18 N–H and O–H groups in total. The van der Waals surface area contributed by atoms with Gasteiger partial charge in [-0.1, -0.05) is 0 Å². The Morgan fingerprint density at radius 3 is 0.723 bits per heavy atom. The molecule has 0 heterocycles. The van der Waals surface area contributed by atoms with E-state index in [1.54, 1.807) is 136 Å². The maximum atomic E-state index is 13.7. The predicted octanol–water partition coefficient (Wildman–Crippen LogP) is -3.94. The summed E-state index contributed by atoms with van der Waals surface area (Å²) in [5.74, 6) is -6.16. The van der Waals surface area contributed by atoms with E-state index in [1.807, 2.05) is 0 Å². The minimum absolute atomic E-state index is 0.0310. The van der Waals surface area contributed by atoms with Crippen molar-refractivity contribution in [2.75, 3.05) is 63.5 Å². The normalized spacial score (nSPS) is 15.0. The van der Waals surface area contributed by atoms with E-state index in [1.165, 1.54) is 0 Å². The average Bonchev–Trinajstić information content (AvgIpc) is 3.27. The molecule has 0 aliphatic rings. The Bertz CT molecular complexity index is 1810. The van der Waals surface area contributed by atoms with Crippen molar-refractivity contribution in [2.45, 2.75) is 55.0 Å². The largest absolute Gasteiger partial charge is 0.394 e. The first-order chi connectivity index (χ1) is 30.5. The molecule has 0 saturated carbocycles. The smallest absolute Gasteiger partial charge is 0.253 e. The number of aliphatic hydroxyl groups excluding tert-OH is 12. The van der Waals surface area contributed by atoms with E-state index in [9.17, 15) is 90.0 Å². The van der Waals surface area contributed by atoms with E-state index >= 15 is 0 Å². The molecule has 2 rings (SSSR count). The Kier molecular flexibility index (Phi) is 26.6. The third-order valence-corrected chi connectivity index (χ3v) is 15.5.